The number of fused-ring (bicyclic) bond motifs is 1. The molecule has 1 aliphatic rings. The molecule has 0 atom stereocenters. The molecule has 32 heavy (non-hydrogen) atoms. The highest BCUT2D eigenvalue weighted by Gasteiger charge is 2.17. The Labute approximate surface area is 197 Å². The summed E-state index contributed by atoms with van der Waals surface area (Å²) < 4.78 is 4.78. The number of allylic oxidation sites excluding steroid dienone is 1. The number of esters is 1. The Hall–Kier alpha value is -3.08. The van der Waals surface area contributed by atoms with Crippen molar-refractivity contribution in [1.82, 2.24) is 0 Å². The van der Waals surface area contributed by atoms with E-state index in [2.05, 4.69) is 17.0 Å². The Bertz CT molecular complexity index is 1190. The van der Waals surface area contributed by atoms with Crippen LogP contribution in [0.5, 0.6) is 0 Å². The third-order valence-electron chi connectivity index (χ3n) is 5.30. The molecule has 0 amide bonds. The van der Waals surface area contributed by atoms with E-state index in [1.807, 2.05) is 48.6 Å². The number of rotatable bonds is 5. The van der Waals surface area contributed by atoms with Gasteiger partial charge in [0.1, 0.15) is 0 Å². The fourth-order valence-electron chi connectivity index (χ4n) is 3.65. The van der Waals surface area contributed by atoms with Gasteiger partial charge < -0.3 is 9.64 Å². The summed E-state index contributed by atoms with van der Waals surface area (Å²) in [5.41, 5.74) is 5.75. The van der Waals surface area contributed by atoms with Crippen LogP contribution in [0, 0.1) is 0 Å². The summed E-state index contributed by atoms with van der Waals surface area (Å²) in [6.45, 7) is 2.19. The molecule has 0 saturated heterocycles. The lowest BCUT2D eigenvalue weighted by atomic mass is 10.0. The van der Waals surface area contributed by atoms with Gasteiger partial charge in [-0.1, -0.05) is 65.7 Å². The van der Waals surface area contributed by atoms with E-state index in [9.17, 15) is 4.79 Å². The molecule has 0 radical (unpaired) electrons. The number of methoxy groups -OCH3 is 1. The van der Waals surface area contributed by atoms with Crippen LogP contribution in [0.3, 0.4) is 0 Å². The topological polar surface area (TPSA) is 41.9 Å². The zero-order valence-corrected chi connectivity index (χ0v) is 19.1. The molecule has 3 aromatic rings. The molecule has 3 aromatic carbocycles. The molecule has 1 heterocycles. The number of aliphatic imine (C=N–C) groups is 1. The van der Waals surface area contributed by atoms with Crippen LogP contribution in [0.15, 0.2) is 77.8 Å². The van der Waals surface area contributed by atoms with Crippen molar-refractivity contribution in [3.05, 3.63) is 105 Å². The highest BCUT2D eigenvalue weighted by Crippen LogP contribution is 2.27. The van der Waals surface area contributed by atoms with Crippen molar-refractivity contribution in [3.8, 4) is 0 Å². The van der Waals surface area contributed by atoms with Crippen LogP contribution in [0.2, 0.25) is 10.0 Å². The molecule has 4 rings (SSSR count). The van der Waals surface area contributed by atoms with E-state index in [-0.39, 0.29) is 5.97 Å². The minimum absolute atomic E-state index is 0.330. The van der Waals surface area contributed by atoms with E-state index >= 15 is 0 Å². The predicted molar refractivity (Wildman–Crippen MR) is 132 cm³/mol. The summed E-state index contributed by atoms with van der Waals surface area (Å²) in [5, 5.41) is 1.07. The molecule has 6 heteroatoms. The van der Waals surface area contributed by atoms with Crippen LogP contribution in [0.1, 0.15) is 27.0 Å². The largest absolute Gasteiger partial charge is 0.465 e. The van der Waals surface area contributed by atoms with E-state index in [4.69, 9.17) is 32.9 Å². The molecule has 0 aliphatic carbocycles. The van der Waals surface area contributed by atoms with Crippen molar-refractivity contribution in [2.75, 3.05) is 25.1 Å². The maximum absolute atomic E-state index is 11.7. The number of anilines is 1. The number of hydrogen-bond donors (Lipinski definition) is 0. The fourth-order valence-corrected chi connectivity index (χ4v) is 3.95. The van der Waals surface area contributed by atoms with Gasteiger partial charge in [-0.15, -0.1) is 0 Å². The number of carbonyl (C=O) groups excluding carboxylic acids is 1. The van der Waals surface area contributed by atoms with Gasteiger partial charge in [-0.05, 0) is 47.5 Å². The first-order valence-electron chi connectivity index (χ1n) is 10.2. The second kappa shape index (κ2) is 10.0. The van der Waals surface area contributed by atoms with Gasteiger partial charge in [0.15, 0.2) is 0 Å². The predicted octanol–water partition coefficient (Wildman–Crippen LogP) is 6.30. The number of carbonyl (C=O) groups is 1. The van der Waals surface area contributed by atoms with Crippen molar-refractivity contribution in [2.24, 2.45) is 4.99 Å². The third kappa shape index (κ3) is 5.04. The van der Waals surface area contributed by atoms with Gasteiger partial charge in [0, 0.05) is 24.3 Å². The first-order valence-corrected chi connectivity index (χ1v) is 11.0. The van der Waals surface area contributed by atoms with Gasteiger partial charge in [-0.25, -0.2) is 4.79 Å². The zero-order chi connectivity index (χ0) is 22.5. The molecule has 0 saturated carbocycles. The van der Waals surface area contributed by atoms with E-state index in [1.54, 1.807) is 18.2 Å². The maximum atomic E-state index is 11.7. The lowest BCUT2D eigenvalue weighted by Crippen LogP contribution is -2.25. The normalized spacial score (nSPS) is 13.5. The zero-order valence-electron chi connectivity index (χ0n) is 17.6. The smallest absolute Gasteiger partial charge is 0.337 e. The number of halogens is 2. The standard InChI is InChI=1S/C26H22Cl2N2O2/c1-32-26(31)20-10-6-19(7-11-20)17-30-15-14-29-24(21-4-2-3-5-25(21)30)13-9-18-8-12-22(27)23(28)16-18/h2-13,16H,14-15,17H2,1H3/b13-9+. The van der Waals surface area contributed by atoms with E-state index in [0.29, 0.717) is 22.2 Å². The molecular formula is C26H22Cl2N2O2. The van der Waals surface area contributed by atoms with Gasteiger partial charge in [0.2, 0.25) is 0 Å². The Kier molecular flexibility index (Phi) is 6.93. The molecule has 0 spiro atoms. The summed E-state index contributed by atoms with van der Waals surface area (Å²) in [4.78, 5) is 18.8. The van der Waals surface area contributed by atoms with Crippen molar-refractivity contribution in [3.63, 3.8) is 0 Å². The first kappa shape index (κ1) is 22.1. The first-order chi connectivity index (χ1) is 15.5. The van der Waals surface area contributed by atoms with Gasteiger partial charge >= 0.3 is 5.97 Å². The summed E-state index contributed by atoms with van der Waals surface area (Å²) in [5.74, 6) is -0.330. The number of para-hydroxylation sites is 1. The van der Waals surface area contributed by atoms with Crippen LogP contribution in [-0.2, 0) is 11.3 Å². The second-order valence-electron chi connectivity index (χ2n) is 7.40. The molecule has 0 aromatic heterocycles. The highest BCUT2D eigenvalue weighted by molar-refractivity contribution is 6.42. The van der Waals surface area contributed by atoms with Crippen molar-refractivity contribution < 1.29 is 9.53 Å². The third-order valence-corrected chi connectivity index (χ3v) is 6.04. The maximum Gasteiger partial charge on any atom is 0.337 e. The van der Waals surface area contributed by atoms with Crippen LogP contribution < -0.4 is 4.90 Å². The quantitative estimate of drug-likeness (QED) is 0.415. The van der Waals surface area contributed by atoms with Gasteiger partial charge in [-0.3, -0.25) is 4.99 Å². The van der Waals surface area contributed by atoms with Crippen LogP contribution in [0.4, 0.5) is 5.69 Å². The Balaban J connectivity index is 1.57. The molecule has 1 aliphatic heterocycles. The van der Waals surface area contributed by atoms with Crippen LogP contribution in [-0.4, -0.2) is 31.9 Å². The number of ether oxygens (including phenoxy) is 1. The van der Waals surface area contributed by atoms with Gasteiger partial charge in [0.05, 0.1) is 35.0 Å². The van der Waals surface area contributed by atoms with Gasteiger partial charge in [-0.2, -0.15) is 0 Å². The monoisotopic (exact) mass is 464 g/mol. The lowest BCUT2D eigenvalue weighted by molar-refractivity contribution is 0.0600. The highest BCUT2D eigenvalue weighted by atomic mass is 35.5. The molecule has 0 N–H and O–H groups in total. The Morgan fingerprint density at radius 3 is 2.56 bits per heavy atom. The summed E-state index contributed by atoms with van der Waals surface area (Å²) in [7, 11) is 1.39. The average Bonchev–Trinajstić information content (AvgIpc) is 2.99. The SMILES string of the molecule is COC(=O)c1ccc(CN2CCN=C(/C=C/c3ccc(Cl)c(Cl)c3)c3ccccc32)cc1. The van der Waals surface area contributed by atoms with Crippen LogP contribution in [0.25, 0.3) is 6.08 Å². The van der Waals surface area contributed by atoms with E-state index < -0.39 is 0 Å². The second-order valence-corrected chi connectivity index (χ2v) is 8.22. The molecule has 4 nitrogen and oxygen atoms in total. The minimum Gasteiger partial charge on any atom is -0.465 e. The van der Waals surface area contributed by atoms with Gasteiger partial charge in [0.25, 0.3) is 0 Å². The minimum atomic E-state index is -0.330. The molecular weight excluding hydrogens is 443 g/mol. The van der Waals surface area contributed by atoms with Crippen molar-refractivity contribution >= 4 is 46.6 Å². The Morgan fingerprint density at radius 2 is 1.81 bits per heavy atom. The van der Waals surface area contributed by atoms with Crippen molar-refractivity contribution in [1.29, 1.82) is 0 Å². The summed E-state index contributed by atoms with van der Waals surface area (Å²) in [6, 6.07) is 21.4. The van der Waals surface area contributed by atoms with E-state index in [0.717, 1.165) is 41.2 Å². The van der Waals surface area contributed by atoms with E-state index in [1.165, 1.54) is 7.11 Å². The molecule has 0 bridgehead atoms. The fraction of sp³-hybridized carbons (Fsp3) is 0.154. The molecule has 162 valence electrons. The average molecular weight is 465 g/mol. The molecule has 0 fully saturated rings. The molecule has 0 unspecified atom stereocenters. The number of hydrogen-bond acceptors (Lipinski definition) is 4. The Morgan fingerprint density at radius 1 is 1.03 bits per heavy atom. The summed E-state index contributed by atoms with van der Waals surface area (Å²) in [6.07, 6.45) is 4.02. The summed E-state index contributed by atoms with van der Waals surface area (Å²) >= 11 is 12.2. The van der Waals surface area contributed by atoms with Crippen molar-refractivity contribution in [2.45, 2.75) is 6.54 Å². The lowest BCUT2D eigenvalue weighted by Gasteiger charge is -2.25. The number of benzene rings is 3. The number of benzodiazepines with no additional fused rings is 1. The van der Waals surface area contributed by atoms with Crippen LogP contribution >= 0.6 is 23.2 Å². The number of nitrogens with zero attached hydrogens (tertiary/aromatic N) is 2.